The molecule has 4 aromatic carbocycles. The zero-order chi connectivity index (χ0) is 34.7. The molecule has 0 spiro atoms. The molecule has 9 nitrogen and oxygen atoms in total. The van der Waals surface area contributed by atoms with Gasteiger partial charge in [0.2, 0.25) is 0 Å². The van der Waals surface area contributed by atoms with Gasteiger partial charge in [0.25, 0.3) is 0 Å². The molecule has 248 valence electrons. The summed E-state index contributed by atoms with van der Waals surface area (Å²) in [5.41, 5.74) is 2.88. The molecule has 12 heteroatoms. The third-order valence-electron chi connectivity index (χ3n) is 7.61. The topological polar surface area (TPSA) is 119 Å². The molecule has 6 rings (SSSR count). The van der Waals surface area contributed by atoms with Crippen molar-refractivity contribution in [2.24, 2.45) is 0 Å². The van der Waals surface area contributed by atoms with Crippen LogP contribution in [0.5, 0.6) is 23.0 Å². The van der Waals surface area contributed by atoms with E-state index < -0.39 is 17.2 Å². The number of hydrogen-bond donors (Lipinski definition) is 1. The van der Waals surface area contributed by atoms with Crippen molar-refractivity contribution >= 4 is 57.6 Å². The molecule has 2 heterocycles. The summed E-state index contributed by atoms with van der Waals surface area (Å²) in [6.07, 6.45) is 3.91. The Hall–Kier alpha value is -4.12. The Bertz CT molecular complexity index is 2110. The second-order valence-electron chi connectivity index (χ2n) is 11.3. The second kappa shape index (κ2) is 15.6. The quantitative estimate of drug-likeness (QED) is 0.182. The summed E-state index contributed by atoms with van der Waals surface area (Å²) in [7, 11) is 4.68. The van der Waals surface area contributed by atoms with Gasteiger partial charge in [-0.2, -0.15) is 0 Å². The first-order chi connectivity index (χ1) is 22.9. The molecule has 49 heavy (non-hydrogen) atoms. The monoisotopic (exact) mass is 711 g/mol. The Balaban J connectivity index is 0.000000236. The summed E-state index contributed by atoms with van der Waals surface area (Å²) >= 11 is 12.2. The van der Waals surface area contributed by atoms with E-state index in [4.69, 9.17) is 46.6 Å². The number of ether oxygens (including phenoxy) is 4. The predicted octanol–water partition coefficient (Wildman–Crippen LogP) is 5.08. The first-order valence-corrected chi connectivity index (χ1v) is 15.4. The number of anilines is 2. The Morgan fingerprint density at radius 1 is 0.918 bits per heavy atom. The summed E-state index contributed by atoms with van der Waals surface area (Å²) < 4.78 is 28.3. The van der Waals surface area contributed by atoms with E-state index in [1.807, 2.05) is 32.9 Å². The summed E-state index contributed by atoms with van der Waals surface area (Å²) in [6, 6.07) is 18.7. The Kier molecular flexibility index (Phi) is 12.0. The minimum atomic E-state index is -1.26. The molecule has 0 saturated carbocycles. The minimum absolute atomic E-state index is 0. The van der Waals surface area contributed by atoms with Gasteiger partial charge < -0.3 is 38.6 Å². The van der Waals surface area contributed by atoms with Gasteiger partial charge in [-0.05, 0) is 68.3 Å². The van der Waals surface area contributed by atoms with E-state index in [-0.39, 0.29) is 35.1 Å². The molecule has 1 aliphatic rings. The second-order valence-corrected chi connectivity index (χ2v) is 12.1. The number of para-hydroxylation sites is 1. The number of hydrogen-bond acceptors (Lipinski definition) is 9. The van der Waals surface area contributed by atoms with Crippen molar-refractivity contribution in [1.29, 1.82) is 0 Å². The number of halogens is 2. The van der Waals surface area contributed by atoms with E-state index >= 15 is 0 Å². The number of methoxy groups -OCH3 is 3. The van der Waals surface area contributed by atoms with Crippen molar-refractivity contribution in [2.75, 3.05) is 26.6 Å². The van der Waals surface area contributed by atoms with Crippen LogP contribution in [0.25, 0.3) is 28.2 Å². The Morgan fingerprint density at radius 3 is 2.22 bits per heavy atom. The molecule has 1 aliphatic heterocycles. The van der Waals surface area contributed by atoms with E-state index in [0.717, 1.165) is 11.1 Å². The van der Waals surface area contributed by atoms with Gasteiger partial charge in [0.1, 0.15) is 45.1 Å². The molecule has 1 aromatic heterocycles. The maximum absolute atomic E-state index is 12.9. The zero-order valence-electron chi connectivity index (χ0n) is 28.0. The largest absolute Gasteiger partial charge is 1.00 e. The summed E-state index contributed by atoms with van der Waals surface area (Å²) in [4.78, 5) is 23.9. The van der Waals surface area contributed by atoms with E-state index in [9.17, 15) is 14.7 Å². The third kappa shape index (κ3) is 7.87. The van der Waals surface area contributed by atoms with Crippen LogP contribution in [-0.2, 0) is 0 Å². The average molecular weight is 713 g/mol. The summed E-state index contributed by atoms with van der Waals surface area (Å²) in [5.74, 6) is 0.931. The third-order valence-corrected chi connectivity index (χ3v) is 8.41. The molecule has 0 unspecified atom stereocenters. The SMILES string of the molecule is COc1ccc(-c2c(OC)c3c(OC)c4c(cc3oc2=O)OC(C)(C)C=C4)cc1.Cc1ccc(Cl)c(Nc2ccccc2C(=O)[O-])c1Cl.[Na+]. The van der Waals surface area contributed by atoms with E-state index in [0.29, 0.717) is 66.5 Å². The molecular weight excluding hydrogens is 680 g/mol. The molecule has 1 N–H and O–H groups in total. The fourth-order valence-electron chi connectivity index (χ4n) is 5.23. The van der Waals surface area contributed by atoms with E-state index in [1.165, 1.54) is 13.2 Å². The standard InChI is InChI=1S/C23H22O6.C14H11Cl2NO2.Na/c1-23(2)11-10-15-16(29-23)12-17-19(20(15)26-4)21(27-5)18(22(24)28-17)13-6-8-14(25-3)9-7-13;1-8-6-7-10(15)13(12(8)16)17-11-5-3-2-4-9(11)14(18)19;/h6-12H,1-5H3;2-7,17H,1H3,(H,18,19);/q;;+1/p-1. The molecule has 0 atom stereocenters. The number of carboxylic acid groups (broad SMARTS) is 1. The number of aryl methyl sites for hydroxylation is 1. The van der Waals surface area contributed by atoms with Crippen LogP contribution in [0, 0.1) is 6.92 Å². The van der Waals surface area contributed by atoms with Gasteiger partial charge >= 0.3 is 35.2 Å². The van der Waals surface area contributed by atoms with Gasteiger partial charge in [0.15, 0.2) is 0 Å². The van der Waals surface area contributed by atoms with Crippen LogP contribution in [0.15, 0.2) is 82.0 Å². The Labute approximate surface area is 315 Å². The van der Waals surface area contributed by atoms with Gasteiger partial charge in [0, 0.05) is 17.3 Å². The summed E-state index contributed by atoms with van der Waals surface area (Å²) in [6.45, 7) is 5.74. The van der Waals surface area contributed by atoms with Crippen LogP contribution in [0.2, 0.25) is 10.0 Å². The number of nitrogens with one attached hydrogen (secondary N) is 1. The number of aromatic carboxylic acids is 1. The molecular formula is C37H32Cl2NNaO8. The molecule has 0 bridgehead atoms. The average Bonchev–Trinajstić information content (AvgIpc) is 3.06. The first kappa shape index (κ1) is 37.7. The number of fused-ring (bicyclic) bond motifs is 2. The minimum Gasteiger partial charge on any atom is -0.545 e. The van der Waals surface area contributed by atoms with Crippen LogP contribution in [0.4, 0.5) is 11.4 Å². The number of carboxylic acids is 1. The van der Waals surface area contributed by atoms with Crippen LogP contribution < -0.4 is 64.6 Å². The van der Waals surface area contributed by atoms with E-state index in [2.05, 4.69) is 5.32 Å². The molecule has 0 fully saturated rings. The van der Waals surface area contributed by atoms with Gasteiger partial charge in [-0.1, -0.05) is 59.6 Å². The molecule has 0 amide bonds. The van der Waals surface area contributed by atoms with Crippen LogP contribution >= 0.6 is 23.2 Å². The number of carbonyl (C=O) groups is 1. The molecule has 0 aliphatic carbocycles. The number of rotatable bonds is 7. The van der Waals surface area contributed by atoms with Crippen molar-refractivity contribution < 1.29 is 62.8 Å². The number of benzene rings is 4. The van der Waals surface area contributed by atoms with Crippen LogP contribution in [0.1, 0.15) is 35.3 Å². The van der Waals surface area contributed by atoms with E-state index in [1.54, 1.807) is 74.9 Å². The smallest absolute Gasteiger partial charge is 0.545 e. The van der Waals surface area contributed by atoms with Gasteiger partial charge in [-0.3, -0.25) is 0 Å². The maximum Gasteiger partial charge on any atom is 1.00 e. The van der Waals surface area contributed by atoms with Crippen LogP contribution in [-0.4, -0.2) is 32.9 Å². The van der Waals surface area contributed by atoms with Crippen molar-refractivity contribution in [3.05, 3.63) is 110 Å². The summed E-state index contributed by atoms with van der Waals surface area (Å²) in [5, 5.41) is 15.4. The van der Waals surface area contributed by atoms with Crippen molar-refractivity contribution in [3.63, 3.8) is 0 Å². The first-order valence-electron chi connectivity index (χ1n) is 14.7. The van der Waals surface area contributed by atoms with Gasteiger partial charge in [-0.25, -0.2) is 4.79 Å². The van der Waals surface area contributed by atoms with Crippen LogP contribution in [0.3, 0.4) is 0 Å². The van der Waals surface area contributed by atoms with Crippen molar-refractivity contribution in [3.8, 4) is 34.1 Å². The number of carbonyl (C=O) groups excluding carboxylic acids is 1. The zero-order valence-corrected chi connectivity index (χ0v) is 31.5. The predicted molar refractivity (Wildman–Crippen MR) is 187 cm³/mol. The molecule has 0 radical (unpaired) electrons. The normalized spacial score (nSPS) is 12.4. The maximum atomic E-state index is 12.9. The molecule has 0 saturated heterocycles. The van der Waals surface area contributed by atoms with Gasteiger partial charge in [-0.15, -0.1) is 0 Å². The molecule has 5 aromatic rings. The fraction of sp³-hybridized carbons (Fsp3) is 0.189. The van der Waals surface area contributed by atoms with Crippen molar-refractivity contribution in [2.45, 2.75) is 26.4 Å². The van der Waals surface area contributed by atoms with Crippen molar-refractivity contribution in [1.82, 2.24) is 0 Å². The fourth-order valence-corrected chi connectivity index (χ4v) is 5.70. The van der Waals surface area contributed by atoms with Gasteiger partial charge in [0.05, 0.1) is 48.6 Å². The Morgan fingerprint density at radius 2 is 1.59 bits per heavy atom.